The second-order valence-corrected chi connectivity index (χ2v) is 5.84. The van der Waals surface area contributed by atoms with E-state index in [0.717, 1.165) is 6.20 Å². The molecule has 2 heterocycles. The zero-order valence-electron chi connectivity index (χ0n) is 11.5. The number of rotatable bonds is 6. The van der Waals surface area contributed by atoms with Crippen molar-refractivity contribution in [1.29, 1.82) is 0 Å². The summed E-state index contributed by atoms with van der Waals surface area (Å²) in [6, 6.07) is 2.70. The summed E-state index contributed by atoms with van der Waals surface area (Å²) in [4.78, 5) is 11.7. The van der Waals surface area contributed by atoms with Gasteiger partial charge in [0.2, 0.25) is 0 Å². The van der Waals surface area contributed by atoms with Gasteiger partial charge in [0.15, 0.2) is 5.03 Å². The van der Waals surface area contributed by atoms with Crippen LogP contribution in [-0.2, 0) is 14.8 Å². The maximum absolute atomic E-state index is 12.3. The van der Waals surface area contributed by atoms with Crippen molar-refractivity contribution >= 4 is 16.0 Å². The van der Waals surface area contributed by atoms with Crippen molar-refractivity contribution in [2.75, 3.05) is 6.61 Å². The van der Waals surface area contributed by atoms with Gasteiger partial charge in [-0.15, -0.1) is 0 Å². The van der Waals surface area contributed by atoms with Crippen molar-refractivity contribution in [2.45, 2.75) is 24.9 Å². The van der Waals surface area contributed by atoms with Gasteiger partial charge in [0.25, 0.3) is 10.0 Å². The number of nitrogens with one attached hydrogen (secondary N) is 2. The average Bonchev–Trinajstić information content (AvgIpc) is 3.10. The Morgan fingerprint density at radius 1 is 1.57 bits per heavy atom. The molecule has 1 atom stereocenters. The van der Waals surface area contributed by atoms with Crippen molar-refractivity contribution in [1.82, 2.24) is 14.9 Å². The Hall–Kier alpha value is -2.13. The first-order valence-electron chi connectivity index (χ1n) is 6.22. The van der Waals surface area contributed by atoms with Crippen LogP contribution in [0.15, 0.2) is 34.0 Å². The first-order valence-corrected chi connectivity index (χ1v) is 7.70. The van der Waals surface area contributed by atoms with E-state index in [1.807, 2.05) is 0 Å². The highest BCUT2D eigenvalue weighted by Gasteiger charge is 2.28. The maximum atomic E-state index is 12.3. The summed E-state index contributed by atoms with van der Waals surface area (Å²) >= 11 is 0. The summed E-state index contributed by atoms with van der Waals surface area (Å²) < 4.78 is 36.9. The van der Waals surface area contributed by atoms with E-state index in [4.69, 9.17) is 9.15 Å². The van der Waals surface area contributed by atoms with Gasteiger partial charge < -0.3 is 9.15 Å². The Balaban J connectivity index is 2.24. The Morgan fingerprint density at radius 3 is 2.95 bits per heavy atom. The van der Waals surface area contributed by atoms with Crippen molar-refractivity contribution in [3.63, 3.8) is 0 Å². The van der Waals surface area contributed by atoms with Crippen LogP contribution in [0.25, 0.3) is 0 Å². The van der Waals surface area contributed by atoms with Gasteiger partial charge in [-0.1, -0.05) is 0 Å². The minimum Gasteiger partial charge on any atom is -0.468 e. The van der Waals surface area contributed by atoms with Crippen LogP contribution >= 0.6 is 0 Å². The number of carbonyl (C=O) groups excluding carboxylic acids is 1. The molecule has 8 nitrogen and oxygen atoms in total. The standard InChI is InChI=1S/C12H15N3O5S/c1-3-19-12(16)9-7-13-14-11(9)21(17,18)15-8(2)10-5-4-6-20-10/h4-8,15H,3H2,1-2H3,(H,13,14)/t8-/m1/s1. The van der Waals surface area contributed by atoms with Crippen LogP contribution in [0, 0.1) is 0 Å². The van der Waals surface area contributed by atoms with E-state index in [2.05, 4.69) is 14.9 Å². The number of hydrogen-bond donors (Lipinski definition) is 2. The van der Waals surface area contributed by atoms with Gasteiger partial charge in [0.1, 0.15) is 11.3 Å². The summed E-state index contributed by atoms with van der Waals surface area (Å²) in [5.41, 5.74) is -0.143. The fourth-order valence-electron chi connectivity index (χ4n) is 1.72. The van der Waals surface area contributed by atoms with Crippen molar-refractivity contribution < 1.29 is 22.4 Å². The Morgan fingerprint density at radius 2 is 2.33 bits per heavy atom. The molecule has 9 heteroatoms. The molecule has 0 saturated carbocycles. The molecular formula is C12H15N3O5S. The third kappa shape index (κ3) is 3.31. The Kier molecular flexibility index (Phi) is 4.43. The quantitative estimate of drug-likeness (QED) is 0.775. The molecule has 2 rings (SSSR count). The molecule has 0 aliphatic rings. The summed E-state index contributed by atoms with van der Waals surface area (Å²) in [6.45, 7) is 3.39. The monoisotopic (exact) mass is 313 g/mol. The van der Waals surface area contributed by atoms with E-state index in [-0.39, 0.29) is 17.2 Å². The lowest BCUT2D eigenvalue weighted by molar-refractivity contribution is 0.0522. The highest BCUT2D eigenvalue weighted by Crippen LogP contribution is 2.18. The number of aromatic nitrogens is 2. The molecule has 0 amide bonds. The van der Waals surface area contributed by atoms with E-state index in [0.29, 0.717) is 5.76 Å². The number of carbonyl (C=O) groups is 1. The largest absolute Gasteiger partial charge is 0.468 e. The van der Waals surface area contributed by atoms with Crippen LogP contribution in [0.1, 0.15) is 36.0 Å². The average molecular weight is 313 g/mol. The predicted octanol–water partition coefficient (Wildman–Crippen LogP) is 1.22. The second-order valence-electron chi connectivity index (χ2n) is 4.19. The van der Waals surface area contributed by atoms with Crippen molar-refractivity contribution in [2.24, 2.45) is 0 Å². The van der Waals surface area contributed by atoms with Crippen LogP contribution in [-0.4, -0.2) is 31.2 Å². The molecule has 2 aromatic heterocycles. The van der Waals surface area contributed by atoms with Gasteiger partial charge in [0.05, 0.1) is 25.1 Å². The molecule has 0 spiro atoms. The number of nitrogens with zero attached hydrogens (tertiary/aromatic N) is 1. The summed E-state index contributed by atoms with van der Waals surface area (Å²) in [6.07, 6.45) is 2.56. The lowest BCUT2D eigenvalue weighted by atomic mass is 10.3. The number of ether oxygens (including phenoxy) is 1. The molecule has 0 fully saturated rings. The van der Waals surface area contributed by atoms with Gasteiger partial charge in [-0.05, 0) is 26.0 Å². The minimum absolute atomic E-state index is 0.139. The lowest BCUT2D eigenvalue weighted by Crippen LogP contribution is -2.28. The summed E-state index contributed by atoms with van der Waals surface area (Å²) in [7, 11) is -3.97. The SMILES string of the molecule is CCOC(=O)c1cn[nH]c1S(=O)(=O)N[C@H](C)c1ccco1. The number of H-pyrrole nitrogens is 1. The molecule has 0 aliphatic heterocycles. The van der Waals surface area contributed by atoms with Crippen LogP contribution < -0.4 is 4.72 Å². The van der Waals surface area contributed by atoms with E-state index in [1.54, 1.807) is 26.0 Å². The van der Waals surface area contributed by atoms with Gasteiger partial charge in [-0.3, -0.25) is 5.10 Å². The van der Waals surface area contributed by atoms with E-state index in [9.17, 15) is 13.2 Å². The second kappa shape index (κ2) is 6.10. The van der Waals surface area contributed by atoms with Crippen LogP contribution in [0.2, 0.25) is 0 Å². The smallest absolute Gasteiger partial charge is 0.342 e. The summed E-state index contributed by atoms with van der Waals surface area (Å²) in [5.74, 6) is -0.298. The van der Waals surface area contributed by atoms with Crippen LogP contribution in [0.5, 0.6) is 0 Å². The minimum atomic E-state index is -3.97. The van der Waals surface area contributed by atoms with Gasteiger partial charge in [0, 0.05) is 0 Å². The molecule has 2 N–H and O–H groups in total. The van der Waals surface area contributed by atoms with E-state index in [1.165, 1.54) is 6.26 Å². The molecule has 0 unspecified atom stereocenters. The Bertz CT molecular complexity index is 705. The molecule has 21 heavy (non-hydrogen) atoms. The fourth-order valence-corrected chi connectivity index (χ4v) is 3.02. The number of furan rings is 1. The Labute approximate surface area is 121 Å². The third-order valence-electron chi connectivity index (χ3n) is 2.67. The number of sulfonamides is 1. The van der Waals surface area contributed by atoms with Gasteiger partial charge in [-0.2, -0.15) is 9.82 Å². The molecule has 0 bridgehead atoms. The zero-order chi connectivity index (χ0) is 15.5. The first-order chi connectivity index (χ1) is 9.95. The number of hydrogen-bond acceptors (Lipinski definition) is 6. The van der Waals surface area contributed by atoms with Gasteiger partial charge >= 0.3 is 5.97 Å². The summed E-state index contributed by atoms with van der Waals surface area (Å²) in [5, 5.41) is 5.56. The van der Waals surface area contributed by atoms with Gasteiger partial charge in [-0.25, -0.2) is 13.2 Å². The fraction of sp³-hybridized carbons (Fsp3) is 0.333. The molecule has 2 aromatic rings. The topological polar surface area (TPSA) is 114 Å². The van der Waals surface area contributed by atoms with E-state index < -0.39 is 22.0 Å². The van der Waals surface area contributed by atoms with E-state index >= 15 is 0 Å². The molecule has 114 valence electrons. The molecule has 0 radical (unpaired) electrons. The zero-order valence-corrected chi connectivity index (χ0v) is 12.3. The third-order valence-corrected chi connectivity index (χ3v) is 4.18. The highest BCUT2D eigenvalue weighted by atomic mass is 32.2. The van der Waals surface area contributed by atoms with Crippen molar-refractivity contribution in [3.8, 4) is 0 Å². The van der Waals surface area contributed by atoms with Crippen molar-refractivity contribution in [3.05, 3.63) is 35.9 Å². The highest BCUT2D eigenvalue weighted by molar-refractivity contribution is 7.89. The lowest BCUT2D eigenvalue weighted by Gasteiger charge is -2.11. The van der Waals surface area contributed by atoms with Crippen LogP contribution in [0.3, 0.4) is 0 Å². The number of esters is 1. The normalized spacial score (nSPS) is 13.0. The number of aromatic amines is 1. The maximum Gasteiger partial charge on any atom is 0.342 e. The first kappa shape index (κ1) is 15.3. The molecule has 0 aliphatic carbocycles. The molecule has 0 aromatic carbocycles. The molecular weight excluding hydrogens is 298 g/mol. The van der Waals surface area contributed by atoms with Crippen LogP contribution in [0.4, 0.5) is 0 Å². The molecule has 0 saturated heterocycles. The predicted molar refractivity (Wildman–Crippen MR) is 72.0 cm³/mol.